The molecular weight excluding hydrogens is 416 g/mol. The molecule has 5 rings (SSSR count). The molecule has 1 saturated heterocycles. The first-order valence-corrected chi connectivity index (χ1v) is 11.2. The van der Waals surface area contributed by atoms with Gasteiger partial charge in [-0.2, -0.15) is 0 Å². The summed E-state index contributed by atoms with van der Waals surface area (Å²) in [6, 6.07) is 15.1. The van der Waals surface area contributed by atoms with Crippen LogP contribution in [0, 0.1) is 5.41 Å². The average molecular weight is 443 g/mol. The van der Waals surface area contributed by atoms with Crippen molar-refractivity contribution >= 4 is 11.8 Å². The Morgan fingerprint density at radius 1 is 1.03 bits per heavy atom. The first kappa shape index (κ1) is 21.1. The molecule has 0 radical (unpaired) electrons. The molecule has 2 aromatic heterocycles. The van der Waals surface area contributed by atoms with Gasteiger partial charge in [-0.1, -0.05) is 38.1 Å². The molecule has 33 heavy (non-hydrogen) atoms. The number of nitrogens with zero attached hydrogens (tertiary/aromatic N) is 3. The number of primary amides is 1. The smallest absolute Gasteiger partial charge is 0.272 e. The Balaban J connectivity index is 1.50. The van der Waals surface area contributed by atoms with Crippen molar-refractivity contribution in [3.8, 4) is 22.9 Å². The third-order valence-corrected chi connectivity index (χ3v) is 6.67. The van der Waals surface area contributed by atoms with Crippen molar-refractivity contribution in [2.75, 3.05) is 13.1 Å². The van der Waals surface area contributed by atoms with Crippen LogP contribution in [0.1, 0.15) is 54.2 Å². The van der Waals surface area contributed by atoms with Gasteiger partial charge in [-0.25, -0.2) is 4.98 Å². The monoisotopic (exact) mass is 442 g/mol. The van der Waals surface area contributed by atoms with Crippen LogP contribution in [0.25, 0.3) is 11.3 Å². The minimum absolute atomic E-state index is 0.0334. The summed E-state index contributed by atoms with van der Waals surface area (Å²) < 4.78 is 6.13. The highest BCUT2D eigenvalue weighted by molar-refractivity contribution is 5.92. The number of fused-ring (bicyclic) bond motifs is 2. The molecule has 1 fully saturated rings. The Morgan fingerprint density at radius 3 is 2.48 bits per heavy atom. The number of rotatable bonds is 4. The lowest BCUT2D eigenvalue weighted by atomic mass is 9.70. The number of aromatic nitrogens is 2. The number of nitrogens with two attached hydrogens (primary N) is 1. The van der Waals surface area contributed by atoms with E-state index >= 15 is 0 Å². The molecule has 3 aromatic rings. The maximum absolute atomic E-state index is 12.6. The normalized spacial score (nSPS) is 17.2. The van der Waals surface area contributed by atoms with Crippen LogP contribution in [0.15, 0.2) is 54.7 Å². The maximum atomic E-state index is 12.6. The SMILES string of the molecule is CC(C)(C(N)=O)[C@H]1c2ccccc2Oc2nc(-c3ccc(C(=O)N4CCCC4)nc3)ccc21. The van der Waals surface area contributed by atoms with Crippen LogP contribution in [0.5, 0.6) is 11.6 Å². The number of carbonyl (C=O) groups is 2. The molecule has 0 bridgehead atoms. The molecule has 0 aliphatic carbocycles. The van der Waals surface area contributed by atoms with E-state index in [4.69, 9.17) is 15.5 Å². The number of ether oxygens (including phenoxy) is 1. The van der Waals surface area contributed by atoms with Crippen molar-refractivity contribution in [1.82, 2.24) is 14.9 Å². The predicted octanol–water partition coefficient (Wildman–Crippen LogP) is 4.13. The van der Waals surface area contributed by atoms with Gasteiger partial charge in [0, 0.05) is 41.9 Å². The molecule has 0 saturated carbocycles. The maximum Gasteiger partial charge on any atom is 0.272 e. The summed E-state index contributed by atoms with van der Waals surface area (Å²) in [5, 5.41) is 0. The number of hydrogen-bond acceptors (Lipinski definition) is 5. The fourth-order valence-electron chi connectivity index (χ4n) is 4.67. The van der Waals surface area contributed by atoms with Gasteiger partial charge >= 0.3 is 0 Å². The third-order valence-electron chi connectivity index (χ3n) is 6.67. The molecule has 0 spiro atoms. The molecule has 2 aliphatic heterocycles. The molecule has 2 N–H and O–H groups in total. The van der Waals surface area contributed by atoms with E-state index in [1.807, 2.05) is 61.2 Å². The van der Waals surface area contributed by atoms with Crippen LogP contribution in [0.4, 0.5) is 0 Å². The lowest BCUT2D eigenvalue weighted by Gasteiger charge is -2.36. The number of carbonyl (C=O) groups excluding carboxylic acids is 2. The standard InChI is InChI=1S/C26H26N4O3/c1-26(2,25(27)32)22-17-7-3-4-8-21(17)33-23-18(22)10-12-19(29-23)16-9-11-20(28-15-16)24(31)30-13-5-6-14-30/h3-4,7-12,15,22H,5-6,13-14H2,1-2H3,(H2,27,32)/t22-/m0/s1. The average Bonchev–Trinajstić information content (AvgIpc) is 3.36. The highest BCUT2D eigenvalue weighted by atomic mass is 16.5. The van der Waals surface area contributed by atoms with Crippen LogP contribution in [-0.4, -0.2) is 39.8 Å². The van der Waals surface area contributed by atoms with Gasteiger partial charge in [-0.3, -0.25) is 14.6 Å². The van der Waals surface area contributed by atoms with Gasteiger partial charge in [0.2, 0.25) is 11.8 Å². The Hall–Kier alpha value is -3.74. The lowest BCUT2D eigenvalue weighted by Crippen LogP contribution is -2.38. The Bertz CT molecular complexity index is 1230. The Kier molecular flexibility index (Phi) is 5.12. The van der Waals surface area contributed by atoms with Gasteiger partial charge in [0.1, 0.15) is 11.4 Å². The zero-order chi connectivity index (χ0) is 23.2. The van der Waals surface area contributed by atoms with Crippen molar-refractivity contribution in [3.63, 3.8) is 0 Å². The molecule has 7 heteroatoms. The van der Waals surface area contributed by atoms with E-state index in [9.17, 15) is 9.59 Å². The van der Waals surface area contributed by atoms with Crippen molar-refractivity contribution in [3.05, 3.63) is 71.5 Å². The van der Waals surface area contributed by atoms with E-state index in [1.54, 1.807) is 12.3 Å². The lowest BCUT2D eigenvalue weighted by molar-refractivity contribution is -0.126. The second kappa shape index (κ2) is 7.99. The summed E-state index contributed by atoms with van der Waals surface area (Å²) in [6.45, 7) is 5.27. The molecule has 0 unspecified atom stereocenters. The molecule has 2 aliphatic rings. The molecule has 168 valence electrons. The third kappa shape index (κ3) is 3.63. The summed E-state index contributed by atoms with van der Waals surface area (Å²) in [6.07, 6.45) is 3.75. The molecule has 2 amide bonds. The van der Waals surface area contributed by atoms with Crippen molar-refractivity contribution < 1.29 is 14.3 Å². The van der Waals surface area contributed by atoms with Crippen molar-refractivity contribution in [1.29, 1.82) is 0 Å². The first-order valence-electron chi connectivity index (χ1n) is 11.2. The zero-order valence-electron chi connectivity index (χ0n) is 18.7. The topological polar surface area (TPSA) is 98.4 Å². The summed E-state index contributed by atoms with van der Waals surface area (Å²) in [5.74, 6) is 0.409. The second-order valence-corrected chi connectivity index (χ2v) is 9.18. The largest absolute Gasteiger partial charge is 0.438 e. The highest BCUT2D eigenvalue weighted by Crippen LogP contribution is 2.51. The van der Waals surface area contributed by atoms with Crippen molar-refractivity contribution in [2.45, 2.75) is 32.6 Å². The number of amides is 2. The van der Waals surface area contributed by atoms with Crippen LogP contribution in [0.3, 0.4) is 0 Å². The number of likely N-dealkylation sites (tertiary alicyclic amines) is 1. The predicted molar refractivity (Wildman–Crippen MR) is 124 cm³/mol. The van der Waals surface area contributed by atoms with E-state index < -0.39 is 5.41 Å². The summed E-state index contributed by atoms with van der Waals surface area (Å²) in [5.41, 5.74) is 8.57. The number of para-hydroxylation sites is 1. The van der Waals surface area contributed by atoms with Crippen molar-refractivity contribution in [2.24, 2.45) is 11.1 Å². The van der Waals surface area contributed by atoms with Gasteiger partial charge in [0.15, 0.2) is 0 Å². The number of hydrogen-bond donors (Lipinski definition) is 1. The summed E-state index contributed by atoms with van der Waals surface area (Å²) in [7, 11) is 0. The Morgan fingerprint density at radius 2 is 1.79 bits per heavy atom. The summed E-state index contributed by atoms with van der Waals surface area (Å²) in [4.78, 5) is 35.9. The first-order chi connectivity index (χ1) is 15.9. The van der Waals surface area contributed by atoms with Crippen LogP contribution in [-0.2, 0) is 4.79 Å². The quantitative estimate of drug-likeness (QED) is 0.655. The second-order valence-electron chi connectivity index (χ2n) is 9.18. The van der Waals surface area contributed by atoms with E-state index in [1.165, 1.54) is 0 Å². The van der Waals surface area contributed by atoms with Crippen LogP contribution < -0.4 is 10.5 Å². The number of benzene rings is 1. The van der Waals surface area contributed by atoms with Gasteiger partial charge in [-0.15, -0.1) is 0 Å². The molecular formula is C26H26N4O3. The van der Waals surface area contributed by atoms with Crippen LogP contribution >= 0.6 is 0 Å². The van der Waals surface area contributed by atoms with Gasteiger partial charge in [0.05, 0.1) is 11.1 Å². The highest BCUT2D eigenvalue weighted by Gasteiger charge is 2.43. The molecule has 1 aromatic carbocycles. The number of pyridine rings is 2. The zero-order valence-corrected chi connectivity index (χ0v) is 18.7. The molecule has 7 nitrogen and oxygen atoms in total. The fourth-order valence-corrected chi connectivity index (χ4v) is 4.67. The van der Waals surface area contributed by atoms with E-state index in [0.29, 0.717) is 23.0 Å². The minimum atomic E-state index is -0.836. The fraction of sp³-hybridized carbons (Fsp3) is 0.308. The minimum Gasteiger partial charge on any atom is -0.438 e. The van der Waals surface area contributed by atoms with E-state index in [2.05, 4.69) is 4.98 Å². The molecule has 1 atom stereocenters. The summed E-state index contributed by atoms with van der Waals surface area (Å²) >= 11 is 0. The Labute approximate surface area is 192 Å². The van der Waals surface area contributed by atoms with E-state index in [-0.39, 0.29) is 17.7 Å². The van der Waals surface area contributed by atoms with E-state index in [0.717, 1.165) is 42.6 Å². The molecule has 4 heterocycles. The van der Waals surface area contributed by atoms with Gasteiger partial charge < -0.3 is 15.4 Å². The van der Waals surface area contributed by atoms with Gasteiger partial charge in [-0.05, 0) is 37.1 Å². The van der Waals surface area contributed by atoms with Crippen LogP contribution in [0.2, 0.25) is 0 Å². The van der Waals surface area contributed by atoms with Gasteiger partial charge in [0.25, 0.3) is 5.91 Å².